The van der Waals surface area contributed by atoms with E-state index < -0.39 is 19.9 Å². The highest BCUT2D eigenvalue weighted by Gasteiger charge is 2.30. The molecule has 0 spiro atoms. The molecule has 1 amide bonds. The van der Waals surface area contributed by atoms with Crippen molar-refractivity contribution in [2.75, 3.05) is 24.7 Å². The quantitative estimate of drug-likeness (QED) is 0.638. The van der Waals surface area contributed by atoms with Gasteiger partial charge in [0.25, 0.3) is 5.91 Å². The Bertz CT molecular complexity index is 1270. The topological polar surface area (TPSA) is 91.8 Å². The van der Waals surface area contributed by atoms with E-state index in [1.807, 2.05) is 0 Å². The predicted octanol–water partition coefficient (Wildman–Crippen LogP) is 3.64. The van der Waals surface area contributed by atoms with Crippen molar-refractivity contribution in [3.8, 4) is 0 Å². The van der Waals surface area contributed by atoms with Gasteiger partial charge in [0.05, 0.1) is 9.79 Å². The number of sulfonamides is 1. The van der Waals surface area contributed by atoms with Crippen LogP contribution in [0.25, 0.3) is 0 Å². The number of benzene rings is 2. The lowest BCUT2D eigenvalue weighted by atomic mass is 9.96. The third-order valence-electron chi connectivity index (χ3n) is 6.69. The van der Waals surface area contributed by atoms with Crippen LogP contribution in [-0.2, 0) is 26.3 Å². The van der Waals surface area contributed by atoms with Gasteiger partial charge in [0.2, 0.25) is 10.0 Å². The second kappa shape index (κ2) is 9.19. The van der Waals surface area contributed by atoms with Crippen LogP contribution in [0.2, 0.25) is 0 Å². The fourth-order valence-electron chi connectivity index (χ4n) is 4.77. The number of amides is 1. The van der Waals surface area contributed by atoms with Crippen molar-refractivity contribution in [3.05, 3.63) is 53.6 Å². The summed E-state index contributed by atoms with van der Waals surface area (Å²) >= 11 is 0. The highest BCUT2D eigenvalue weighted by molar-refractivity contribution is 7.90. The molecule has 1 aliphatic heterocycles. The monoisotopic (exact) mass is 490 g/mol. The summed E-state index contributed by atoms with van der Waals surface area (Å²) in [5, 5.41) is 0. The smallest absolute Gasteiger partial charge is 0.258 e. The number of anilines is 1. The molecule has 178 valence electrons. The first kappa shape index (κ1) is 23.9. The number of nitrogens with zero attached hydrogens (tertiary/aromatic N) is 2. The summed E-state index contributed by atoms with van der Waals surface area (Å²) in [7, 11) is -5.43. The summed E-state index contributed by atoms with van der Waals surface area (Å²) in [6.45, 7) is 0.489. The van der Waals surface area contributed by atoms with E-state index >= 15 is 0 Å². The molecule has 1 heterocycles. The Morgan fingerprint density at radius 1 is 0.939 bits per heavy atom. The van der Waals surface area contributed by atoms with E-state index in [-0.39, 0.29) is 21.7 Å². The summed E-state index contributed by atoms with van der Waals surface area (Å²) < 4.78 is 51.8. The van der Waals surface area contributed by atoms with E-state index in [2.05, 4.69) is 0 Å². The van der Waals surface area contributed by atoms with Crippen molar-refractivity contribution in [1.82, 2.24) is 4.31 Å². The maximum Gasteiger partial charge on any atom is 0.258 e. The van der Waals surface area contributed by atoms with Gasteiger partial charge in [-0.1, -0.05) is 25.3 Å². The molecule has 4 rings (SSSR count). The van der Waals surface area contributed by atoms with E-state index in [0.717, 1.165) is 43.9 Å². The lowest BCUT2D eigenvalue weighted by Gasteiger charge is -2.31. The maximum atomic E-state index is 13.4. The first-order valence-electron chi connectivity index (χ1n) is 11.3. The Hall–Kier alpha value is -2.23. The van der Waals surface area contributed by atoms with Crippen LogP contribution in [-0.4, -0.2) is 52.9 Å². The van der Waals surface area contributed by atoms with Crippen LogP contribution in [0.3, 0.4) is 0 Å². The second-order valence-corrected chi connectivity index (χ2v) is 13.0. The molecule has 1 fully saturated rings. The minimum atomic E-state index is -3.71. The summed E-state index contributed by atoms with van der Waals surface area (Å²) in [5.41, 5.74) is 1.78. The number of hydrogen-bond acceptors (Lipinski definition) is 5. The van der Waals surface area contributed by atoms with Gasteiger partial charge >= 0.3 is 0 Å². The van der Waals surface area contributed by atoms with Crippen LogP contribution in [0, 0.1) is 0 Å². The zero-order valence-electron chi connectivity index (χ0n) is 19.0. The van der Waals surface area contributed by atoms with Crippen molar-refractivity contribution in [2.24, 2.45) is 0 Å². The zero-order valence-corrected chi connectivity index (χ0v) is 20.7. The standard InChI is InChI=1S/C24H30N2O5S2/c1-25(20-10-4-3-5-11-20)33(30,31)22-12-6-8-19(17-22)24(27)26-15-7-9-18-16-21(32(2,28)29)13-14-23(18)26/h6,8,12-14,16-17,20H,3-5,7,9-11,15H2,1-2H3. The van der Waals surface area contributed by atoms with Crippen LogP contribution < -0.4 is 4.90 Å². The van der Waals surface area contributed by atoms with Gasteiger partial charge in [0.1, 0.15) is 0 Å². The van der Waals surface area contributed by atoms with Gasteiger partial charge in [-0.25, -0.2) is 16.8 Å². The molecule has 0 saturated heterocycles. The molecule has 9 heteroatoms. The Labute approximate surface area is 196 Å². The highest BCUT2D eigenvalue weighted by Crippen LogP contribution is 2.31. The van der Waals surface area contributed by atoms with Gasteiger partial charge < -0.3 is 4.90 Å². The van der Waals surface area contributed by atoms with Crippen molar-refractivity contribution in [3.63, 3.8) is 0 Å². The van der Waals surface area contributed by atoms with Crippen LogP contribution in [0.4, 0.5) is 5.69 Å². The molecule has 2 aromatic carbocycles. The number of hydrogen-bond donors (Lipinski definition) is 0. The van der Waals surface area contributed by atoms with E-state index in [4.69, 9.17) is 0 Å². The SMILES string of the molecule is CN(C1CCCCC1)S(=O)(=O)c1cccc(C(=O)N2CCCc3cc(S(C)(=O)=O)ccc32)c1. The molecule has 0 radical (unpaired) electrons. The summed E-state index contributed by atoms with van der Waals surface area (Å²) in [4.78, 5) is 15.4. The van der Waals surface area contributed by atoms with Gasteiger partial charge in [-0.3, -0.25) is 4.79 Å². The normalized spacial score (nSPS) is 17.7. The molecule has 2 aromatic rings. The Kier molecular flexibility index (Phi) is 6.66. The van der Waals surface area contributed by atoms with Crippen LogP contribution >= 0.6 is 0 Å². The fraction of sp³-hybridized carbons (Fsp3) is 0.458. The van der Waals surface area contributed by atoms with E-state index in [9.17, 15) is 21.6 Å². The first-order valence-corrected chi connectivity index (χ1v) is 14.6. The summed E-state index contributed by atoms with van der Waals surface area (Å²) in [5.74, 6) is -0.291. The van der Waals surface area contributed by atoms with Crippen molar-refractivity contribution in [1.29, 1.82) is 0 Å². The highest BCUT2D eigenvalue weighted by atomic mass is 32.2. The summed E-state index contributed by atoms with van der Waals surface area (Å²) in [6, 6.07) is 11.0. The first-order chi connectivity index (χ1) is 15.6. The third-order valence-corrected chi connectivity index (χ3v) is 9.71. The van der Waals surface area contributed by atoms with Crippen LogP contribution in [0.5, 0.6) is 0 Å². The number of sulfone groups is 1. The zero-order chi connectivity index (χ0) is 23.8. The van der Waals surface area contributed by atoms with Crippen molar-refractivity contribution < 1.29 is 21.6 Å². The average Bonchev–Trinajstić information content (AvgIpc) is 2.82. The lowest BCUT2D eigenvalue weighted by Crippen LogP contribution is -2.38. The van der Waals surface area contributed by atoms with E-state index in [1.54, 1.807) is 36.2 Å². The minimum absolute atomic E-state index is 0.0129. The van der Waals surface area contributed by atoms with Gasteiger partial charge in [-0.2, -0.15) is 4.31 Å². The Morgan fingerprint density at radius 2 is 1.67 bits per heavy atom. The van der Waals surface area contributed by atoms with Gasteiger partial charge in [-0.15, -0.1) is 0 Å². The molecule has 0 atom stereocenters. The third kappa shape index (κ3) is 4.85. The molecule has 1 aliphatic carbocycles. The van der Waals surface area contributed by atoms with Gasteiger partial charge in [0.15, 0.2) is 9.84 Å². The van der Waals surface area contributed by atoms with Crippen LogP contribution in [0.15, 0.2) is 52.3 Å². The Morgan fingerprint density at radius 3 is 2.36 bits per heavy atom. The minimum Gasteiger partial charge on any atom is -0.308 e. The average molecular weight is 491 g/mol. The number of aryl methyl sites for hydroxylation is 1. The maximum absolute atomic E-state index is 13.4. The predicted molar refractivity (Wildman–Crippen MR) is 128 cm³/mol. The number of rotatable bonds is 5. The number of carbonyl (C=O) groups is 1. The molecule has 1 saturated carbocycles. The molecule has 0 bridgehead atoms. The second-order valence-electron chi connectivity index (χ2n) is 8.96. The summed E-state index contributed by atoms with van der Waals surface area (Å²) in [6.07, 6.45) is 7.45. The molecule has 7 nitrogen and oxygen atoms in total. The molecule has 0 unspecified atom stereocenters. The van der Waals surface area contributed by atoms with Crippen molar-refractivity contribution in [2.45, 2.75) is 60.8 Å². The van der Waals surface area contributed by atoms with Gasteiger partial charge in [0, 0.05) is 37.1 Å². The molecule has 0 aromatic heterocycles. The van der Waals surface area contributed by atoms with Gasteiger partial charge in [-0.05, 0) is 67.6 Å². The molecule has 0 N–H and O–H groups in total. The van der Waals surface area contributed by atoms with Crippen LogP contribution in [0.1, 0.15) is 54.4 Å². The van der Waals surface area contributed by atoms with E-state index in [1.165, 1.54) is 22.5 Å². The lowest BCUT2D eigenvalue weighted by molar-refractivity contribution is 0.0985. The molecule has 33 heavy (non-hydrogen) atoms. The number of fused-ring (bicyclic) bond motifs is 1. The molecular weight excluding hydrogens is 460 g/mol. The molecular formula is C24H30N2O5S2. The molecule has 2 aliphatic rings. The van der Waals surface area contributed by atoms with Crippen molar-refractivity contribution >= 4 is 31.5 Å². The Balaban J connectivity index is 1.63. The van der Waals surface area contributed by atoms with E-state index in [0.29, 0.717) is 30.6 Å². The largest absolute Gasteiger partial charge is 0.308 e. The number of carbonyl (C=O) groups excluding carboxylic acids is 1. The fourth-order valence-corrected chi connectivity index (χ4v) is 6.90.